The smallest absolute Gasteiger partial charge is 0.165 e. The predicted molar refractivity (Wildman–Crippen MR) is 86.1 cm³/mol. The minimum absolute atomic E-state index is 0.585. The molecule has 0 spiro atoms. The monoisotopic (exact) mass is 292 g/mol. The van der Waals surface area contributed by atoms with Crippen LogP contribution in [-0.2, 0) is 6.54 Å². The molecule has 21 heavy (non-hydrogen) atoms. The van der Waals surface area contributed by atoms with E-state index in [2.05, 4.69) is 23.2 Å². The van der Waals surface area contributed by atoms with Gasteiger partial charge in [0, 0.05) is 24.7 Å². The maximum Gasteiger partial charge on any atom is 0.165 e. The first-order valence-corrected chi connectivity index (χ1v) is 7.91. The van der Waals surface area contributed by atoms with Crippen LogP contribution in [-0.4, -0.2) is 44.8 Å². The fraction of sp³-hybridized carbons (Fsp3) is 0.647. The maximum absolute atomic E-state index is 5.47. The molecule has 1 aliphatic rings. The number of piperidine rings is 1. The molecule has 1 saturated heterocycles. The minimum atomic E-state index is 0.585. The highest BCUT2D eigenvalue weighted by molar-refractivity contribution is 5.46. The van der Waals surface area contributed by atoms with Crippen molar-refractivity contribution in [3.05, 3.63) is 23.8 Å². The Morgan fingerprint density at radius 1 is 1.14 bits per heavy atom. The third-order valence-corrected chi connectivity index (χ3v) is 4.25. The van der Waals surface area contributed by atoms with Crippen molar-refractivity contribution >= 4 is 0 Å². The highest BCUT2D eigenvalue weighted by Crippen LogP contribution is 2.30. The second-order valence-electron chi connectivity index (χ2n) is 5.73. The molecule has 2 rings (SSSR count). The zero-order valence-electron chi connectivity index (χ0n) is 13.5. The van der Waals surface area contributed by atoms with E-state index < -0.39 is 0 Å². The van der Waals surface area contributed by atoms with Crippen LogP contribution < -0.4 is 14.8 Å². The summed E-state index contributed by atoms with van der Waals surface area (Å²) in [5.41, 5.74) is 1.14. The quantitative estimate of drug-likeness (QED) is 0.838. The lowest BCUT2D eigenvalue weighted by atomic mass is 10.1. The highest BCUT2D eigenvalue weighted by atomic mass is 16.5. The zero-order valence-corrected chi connectivity index (χ0v) is 13.5. The van der Waals surface area contributed by atoms with Crippen LogP contribution >= 0.6 is 0 Å². The van der Waals surface area contributed by atoms with Crippen molar-refractivity contribution < 1.29 is 9.47 Å². The first-order valence-electron chi connectivity index (χ1n) is 7.91. The van der Waals surface area contributed by atoms with Gasteiger partial charge < -0.3 is 14.8 Å². The first kappa shape index (κ1) is 16.1. The van der Waals surface area contributed by atoms with Crippen molar-refractivity contribution in [3.63, 3.8) is 0 Å². The summed E-state index contributed by atoms with van der Waals surface area (Å²) in [5, 5.41) is 3.55. The molecule has 0 aliphatic carbocycles. The van der Waals surface area contributed by atoms with E-state index in [1.807, 2.05) is 12.1 Å². The van der Waals surface area contributed by atoms with E-state index in [4.69, 9.17) is 9.47 Å². The molecule has 1 aromatic carbocycles. The van der Waals surface area contributed by atoms with Crippen LogP contribution in [0, 0.1) is 0 Å². The largest absolute Gasteiger partial charge is 0.493 e. The van der Waals surface area contributed by atoms with Gasteiger partial charge in [-0.1, -0.05) is 18.6 Å². The SMILES string of the molecule is COc1cccc(CNCC(C)N2CCCCC2)c1OC. The van der Waals surface area contributed by atoms with Crippen molar-refractivity contribution in [2.75, 3.05) is 33.9 Å². The normalized spacial score (nSPS) is 17.5. The second kappa shape index (κ2) is 8.25. The fourth-order valence-electron chi connectivity index (χ4n) is 3.00. The molecule has 1 aliphatic heterocycles. The standard InChI is InChI=1S/C17H28N2O2/c1-14(19-10-5-4-6-11-19)12-18-13-15-8-7-9-16(20-2)17(15)21-3/h7-9,14,18H,4-6,10-13H2,1-3H3. The van der Waals surface area contributed by atoms with Crippen LogP contribution in [0.25, 0.3) is 0 Å². The third kappa shape index (κ3) is 4.35. The summed E-state index contributed by atoms with van der Waals surface area (Å²) in [6.07, 6.45) is 4.07. The molecule has 0 aromatic heterocycles. The summed E-state index contributed by atoms with van der Waals surface area (Å²) in [6, 6.07) is 6.60. The lowest BCUT2D eigenvalue weighted by molar-refractivity contribution is 0.170. The van der Waals surface area contributed by atoms with Crippen molar-refractivity contribution in [1.82, 2.24) is 10.2 Å². The van der Waals surface area contributed by atoms with Gasteiger partial charge in [-0.05, 0) is 38.9 Å². The Labute approximate surface area is 128 Å². The Kier molecular flexibility index (Phi) is 6.33. The number of benzene rings is 1. The van der Waals surface area contributed by atoms with Crippen LogP contribution in [0.5, 0.6) is 11.5 Å². The lowest BCUT2D eigenvalue weighted by Gasteiger charge is -2.32. The van der Waals surface area contributed by atoms with Crippen LogP contribution in [0.1, 0.15) is 31.7 Å². The highest BCUT2D eigenvalue weighted by Gasteiger charge is 2.16. The van der Waals surface area contributed by atoms with Gasteiger partial charge >= 0.3 is 0 Å². The Morgan fingerprint density at radius 3 is 2.57 bits per heavy atom. The van der Waals surface area contributed by atoms with E-state index in [0.717, 1.165) is 30.2 Å². The zero-order chi connectivity index (χ0) is 15.1. The van der Waals surface area contributed by atoms with Crippen molar-refractivity contribution in [3.8, 4) is 11.5 Å². The summed E-state index contributed by atoms with van der Waals surface area (Å²) in [6.45, 7) is 6.59. The predicted octanol–water partition coefficient (Wildman–Crippen LogP) is 2.67. The number of para-hydroxylation sites is 1. The van der Waals surface area contributed by atoms with Gasteiger partial charge in [0.15, 0.2) is 11.5 Å². The summed E-state index contributed by atoms with van der Waals surface area (Å²) in [4.78, 5) is 2.58. The van der Waals surface area contributed by atoms with E-state index in [1.165, 1.54) is 32.4 Å². The summed E-state index contributed by atoms with van der Waals surface area (Å²) < 4.78 is 10.8. The number of methoxy groups -OCH3 is 2. The molecule has 0 saturated carbocycles. The number of rotatable bonds is 7. The Hall–Kier alpha value is -1.26. The van der Waals surface area contributed by atoms with E-state index in [9.17, 15) is 0 Å². The Bertz CT molecular complexity index is 431. The molecule has 4 heteroatoms. The third-order valence-electron chi connectivity index (χ3n) is 4.25. The van der Waals surface area contributed by atoms with Gasteiger partial charge in [0.1, 0.15) is 0 Å². The van der Waals surface area contributed by atoms with Crippen LogP contribution in [0.4, 0.5) is 0 Å². The van der Waals surface area contributed by atoms with Crippen LogP contribution in [0.2, 0.25) is 0 Å². The number of ether oxygens (including phenoxy) is 2. The lowest BCUT2D eigenvalue weighted by Crippen LogP contribution is -2.42. The topological polar surface area (TPSA) is 33.7 Å². The molecule has 0 bridgehead atoms. The molecule has 4 nitrogen and oxygen atoms in total. The summed E-state index contributed by atoms with van der Waals surface area (Å²) in [5.74, 6) is 1.62. The molecule has 1 unspecified atom stereocenters. The number of nitrogens with one attached hydrogen (secondary N) is 1. The molecule has 0 amide bonds. The van der Waals surface area contributed by atoms with Gasteiger partial charge in [0.2, 0.25) is 0 Å². The van der Waals surface area contributed by atoms with E-state index in [1.54, 1.807) is 14.2 Å². The molecular weight excluding hydrogens is 264 g/mol. The van der Waals surface area contributed by atoms with E-state index >= 15 is 0 Å². The van der Waals surface area contributed by atoms with Crippen LogP contribution in [0.3, 0.4) is 0 Å². The van der Waals surface area contributed by atoms with E-state index in [0.29, 0.717) is 6.04 Å². The minimum Gasteiger partial charge on any atom is -0.493 e. The maximum atomic E-state index is 5.47. The van der Waals surface area contributed by atoms with Gasteiger partial charge in [-0.25, -0.2) is 0 Å². The molecule has 1 aromatic rings. The Balaban J connectivity index is 1.85. The number of hydrogen-bond acceptors (Lipinski definition) is 4. The van der Waals surface area contributed by atoms with Gasteiger partial charge in [-0.15, -0.1) is 0 Å². The molecule has 118 valence electrons. The van der Waals surface area contributed by atoms with Crippen LogP contribution in [0.15, 0.2) is 18.2 Å². The average Bonchev–Trinajstić information content (AvgIpc) is 2.55. The van der Waals surface area contributed by atoms with Crippen molar-refractivity contribution in [2.45, 2.75) is 38.8 Å². The van der Waals surface area contributed by atoms with Crippen molar-refractivity contribution in [1.29, 1.82) is 0 Å². The fourth-order valence-corrected chi connectivity index (χ4v) is 3.00. The Morgan fingerprint density at radius 2 is 1.90 bits per heavy atom. The average molecular weight is 292 g/mol. The number of hydrogen-bond donors (Lipinski definition) is 1. The van der Waals surface area contributed by atoms with Gasteiger partial charge in [-0.2, -0.15) is 0 Å². The second-order valence-corrected chi connectivity index (χ2v) is 5.73. The molecule has 1 fully saturated rings. The molecule has 0 radical (unpaired) electrons. The molecule has 1 heterocycles. The molecule has 1 atom stereocenters. The van der Waals surface area contributed by atoms with Crippen molar-refractivity contribution in [2.24, 2.45) is 0 Å². The molecular formula is C17H28N2O2. The summed E-state index contributed by atoms with van der Waals surface area (Å²) in [7, 11) is 3.37. The van der Waals surface area contributed by atoms with Gasteiger partial charge in [-0.3, -0.25) is 4.90 Å². The van der Waals surface area contributed by atoms with Gasteiger partial charge in [0.05, 0.1) is 14.2 Å². The first-order chi connectivity index (χ1) is 10.3. The molecule has 1 N–H and O–H groups in total. The number of nitrogens with zero attached hydrogens (tertiary/aromatic N) is 1. The van der Waals surface area contributed by atoms with E-state index in [-0.39, 0.29) is 0 Å². The number of likely N-dealkylation sites (tertiary alicyclic amines) is 1. The van der Waals surface area contributed by atoms with Gasteiger partial charge in [0.25, 0.3) is 0 Å². The summed E-state index contributed by atoms with van der Waals surface area (Å²) >= 11 is 0.